The van der Waals surface area contributed by atoms with E-state index in [4.69, 9.17) is 0 Å². The van der Waals surface area contributed by atoms with Crippen LogP contribution in [0.5, 0.6) is 0 Å². The predicted octanol–water partition coefficient (Wildman–Crippen LogP) is 3.89. The van der Waals surface area contributed by atoms with Crippen molar-refractivity contribution in [2.45, 2.75) is 18.6 Å². The van der Waals surface area contributed by atoms with Crippen molar-refractivity contribution in [3.63, 3.8) is 0 Å². The summed E-state index contributed by atoms with van der Waals surface area (Å²) in [5.74, 6) is -1.18. The summed E-state index contributed by atoms with van der Waals surface area (Å²) < 4.78 is 13.2. The Balaban J connectivity index is 1.68. The Morgan fingerprint density at radius 3 is 2.52 bits per heavy atom. The van der Waals surface area contributed by atoms with Crippen LogP contribution in [0.1, 0.15) is 27.2 Å². The van der Waals surface area contributed by atoms with Gasteiger partial charge < -0.3 is 10.0 Å². The normalized spacial score (nSPS) is 18.6. The van der Waals surface area contributed by atoms with Crippen LogP contribution >= 0.6 is 11.3 Å². The Bertz CT molecular complexity index is 1000. The first-order valence-corrected chi connectivity index (χ1v) is 9.32. The summed E-state index contributed by atoms with van der Waals surface area (Å²) in [6.45, 7) is 0.186. The molecule has 1 amide bonds. The van der Waals surface area contributed by atoms with E-state index in [9.17, 15) is 19.1 Å². The molecule has 0 fully saturated rings. The Labute approximate surface area is 159 Å². The van der Waals surface area contributed by atoms with Gasteiger partial charge in [0.25, 0.3) is 5.91 Å². The maximum Gasteiger partial charge on any atom is 0.264 e. The van der Waals surface area contributed by atoms with Gasteiger partial charge in [0.15, 0.2) is 11.4 Å². The molecule has 1 atom stereocenters. The van der Waals surface area contributed by atoms with Crippen LogP contribution in [-0.2, 0) is 16.9 Å². The highest BCUT2D eigenvalue weighted by Crippen LogP contribution is 2.43. The molecule has 136 valence electrons. The summed E-state index contributed by atoms with van der Waals surface area (Å²) in [6, 6.07) is 16.2. The lowest BCUT2D eigenvalue weighted by molar-refractivity contribution is -0.136. The second-order valence-corrected chi connectivity index (χ2v) is 7.42. The number of nitrogens with zero attached hydrogens (tertiary/aromatic N) is 1. The first-order valence-electron chi connectivity index (χ1n) is 8.44. The van der Waals surface area contributed by atoms with Crippen molar-refractivity contribution >= 4 is 28.7 Å². The number of Topliss-reactive ketones (excluding diaryl/α,β-unsaturated/α-hetero) is 1. The highest BCUT2D eigenvalue weighted by molar-refractivity contribution is 7.12. The molecule has 0 saturated heterocycles. The maximum atomic E-state index is 13.2. The Morgan fingerprint density at radius 1 is 1.07 bits per heavy atom. The summed E-state index contributed by atoms with van der Waals surface area (Å²) in [7, 11) is 0. The van der Waals surface area contributed by atoms with Gasteiger partial charge in [-0.05, 0) is 35.2 Å². The van der Waals surface area contributed by atoms with Gasteiger partial charge >= 0.3 is 0 Å². The predicted molar refractivity (Wildman–Crippen MR) is 101 cm³/mol. The zero-order valence-corrected chi connectivity index (χ0v) is 15.1. The van der Waals surface area contributed by atoms with Crippen LogP contribution in [0, 0.1) is 5.82 Å². The molecule has 1 aliphatic heterocycles. The number of fused-ring (bicyclic) bond motifs is 1. The lowest BCUT2D eigenvalue weighted by atomic mass is 9.89. The number of carbonyl (C=O) groups excluding carboxylic acids is 2. The number of rotatable bonds is 5. The molecule has 0 saturated carbocycles. The van der Waals surface area contributed by atoms with Gasteiger partial charge in [-0.15, -0.1) is 11.3 Å². The van der Waals surface area contributed by atoms with Gasteiger partial charge in [0, 0.05) is 5.56 Å². The molecule has 0 radical (unpaired) electrons. The zero-order chi connectivity index (χ0) is 19.0. The highest BCUT2D eigenvalue weighted by Gasteiger charge is 2.50. The second kappa shape index (κ2) is 6.72. The standard InChI is InChI=1S/C21H16FNO3S/c22-15-9-7-14(8-10-15)13-23-17-5-2-1-4-16(17)21(26,20(23)25)12-18(24)19-6-3-11-27-19/h1-11,26H,12-13H2/t21-/m1/s1. The van der Waals surface area contributed by atoms with Crippen molar-refractivity contribution in [1.82, 2.24) is 0 Å². The van der Waals surface area contributed by atoms with E-state index in [1.165, 1.54) is 28.4 Å². The molecule has 6 heteroatoms. The zero-order valence-electron chi connectivity index (χ0n) is 14.3. The van der Waals surface area contributed by atoms with Crippen LogP contribution in [0.4, 0.5) is 10.1 Å². The van der Waals surface area contributed by atoms with Gasteiger partial charge in [0.2, 0.25) is 0 Å². The molecular formula is C21H16FNO3S. The number of amides is 1. The van der Waals surface area contributed by atoms with E-state index in [0.29, 0.717) is 16.1 Å². The molecular weight excluding hydrogens is 365 g/mol. The number of thiophene rings is 1. The molecule has 1 aromatic heterocycles. The number of para-hydroxylation sites is 1. The molecule has 27 heavy (non-hydrogen) atoms. The van der Waals surface area contributed by atoms with E-state index in [2.05, 4.69) is 0 Å². The topological polar surface area (TPSA) is 57.6 Å². The molecule has 0 bridgehead atoms. The molecule has 3 aromatic rings. The smallest absolute Gasteiger partial charge is 0.264 e. The third-order valence-electron chi connectivity index (χ3n) is 4.71. The summed E-state index contributed by atoms with van der Waals surface area (Å²) in [5.41, 5.74) is -0.193. The van der Waals surface area contributed by atoms with Crippen LogP contribution in [0.15, 0.2) is 66.0 Å². The number of hydrogen-bond donors (Lipinski definition) is 1. The highest BCUT2D eigenvalue weighted by atomic mass is 32.1. The molecule has 2 aromatic carbocycles. The Kier molecular flexibility index (Phi) is 4.37. The Hall–Kier alpha value is -2.83. The number of benzene rings is 2. The number of halogens is 1. The summed E-state index contributed by atoms with van der Waals surface area (Å²) in [4.78, 5) is 27.6. The fourth-order valence-corrected chi connectivity index (χ4v) is 4.03. The molecule has 0 aliphatic carbocycles. The number of aliphatic hydroxyl groups is 1. The van der Waals surface area contributed by atoms with Gasteiger partial charge in [-0.1, -0.05) is 36.4 Å². The monoisotopic (exact) mass is 381 g/mol. The van der Waals surface area contributed by atoms with Crippen LogP contribution in [0.25, 0.3) is 0 Å². The van der Waals surface area contributed by atoms with Gasteiger partial charge in [0.1, 0.15) is 5.82 Å². The van der Waals surface area contributed by atoms with Crippen LogP contribution in [0.2, 0.25) is 0 Å². The fourth-order valence-electron chi connectivity index (χ4n) is 3.36. The van der Waals surface area contributed by atoms with Gasteiger partial charge in [-0.25, -0.2) is 4.39 Å². The first-order chi connectivity index (χ1) is 13.0. The fraction of sp³-hybridized carbons (Fsp3) is 0.143. The molecule has 2 heterocycles. The van der Waals surface area contributed by atoms with Crippen molar-refractivity contribution in [3.8, 4) is 0 Å². The number of anilines is 1. The SMILES string of the molecule is O=C(C[C@]1(O)C(=O)N(Cc2ccc(F)cc2)c2ccccc21)c1cccs1. The molecule has 1 N–H and O–H groups in total. The van der Waals surface area contributed by atoms with Crippen molar-refractivity contribution in [1.29, 1.82) is 0 Å². The largest absolute Gasteiger partial charge is 0.375 e. The second-order valence-electron chi connectivity index (χ2n) is 6.47. The van der Waals surface area contributed by atoms with E-state index in [1.54, 1.807) is 53.9 Å². The third-order valence-corrected chi connectivity index (χ3v) is 5.62. The van der Waals surface area contributed by atoms with E-state index in [-0.39, 0.29) is 24.6 Å². The number of carbonyl (C=O) groups is 2. The van der Waals surface area contributed by atoms with Crippen molar-refractivity contribution < 1.29 is 19.1 Å². The van der Waals surface area contributed by atoms with Crippen molar-refractivity contribution in [2.24, 2.45) is 0 Å². The van der Waals surface area contributed by atoms with E-state index in [0.717, 1.165) is 5.56 Å². The van der Waals surface area contributed by atoms with E-state index in [1.807, 2.05) is 0 Å². The van der Waals surface area contributed by atoms with E-state index >= 15 is 0 Å². The third kappa shape index (κ3) is 3.07. The van der Waals surface area contributed by atoms with Crippen LogP contribution in [-0.4, -0.2) is 16.8 Å². The molecule has 0 unspecified atom stereocenters. The average Bonchev–Trinajstić information content (AvgIpc) is 3.27. The van der Waals surface area contributed by atoms with Gasteiger partial charge in [0.05, 0.1) is 23.5 Å². The number of ketones is 1. The minimum Gasteiger partial charge on any atom is -0.375 e. The molecule has 1 aliphatic rings. The van der Waals surface area contributed by atoms with Gasteiger partial charge in [-0.2, -0.15) is 0 Å². The number of hydrogen-bond acceptors (Lipinski definition) is 4. The summed E-state index contributed by atoms with van der Waals surface area (Å²) >= 11 is 1.28. The van der Waals surface area contributed by atoms with Crippen LogP contribution < -0.4 is 4.90 Å². The lowest BCUT2D eigenvalue weighted by Crippen LogP contribution is -2.41. The minimum absolute atomic E-state index is 0.186. The lowest BCUT2D eigenvalue weighted by Gasteiger charge is -2.22. The first kappa shape index (κ1) is 17.6. The average molecular weight is 381 g/mol. The summed E-state index contributed by atoms with van der Waals surface area (Å²) in [5, 5.41) is 13.0. The quantitative estimate of drug-likeness (QED) is 0.682. The van der Waals surface area contributed by atoms with Crippen molar-refractivity contribution in [2.75, 3.05) is 4.90 Å². The van der Waals surface area contributed by atoms with Crippen molar-refractivity contribution in [3.05, 3.63) is 87.9 Å². The van der Waals surface area contributed by atoms with Gasteiger partial charge in [-0.3, -0.25) is 9.59 Å². The maximum absolute atomic E-state index is 13.2. The van der Waals surface area contributed by atoms with E-state index < -0.39 is 11.5 Å². The molecule has 4 rings (SSSR count). The summed E-state index contributed by atoms with van der Waals surface area (Å²) in [6.07, 6.45) is -0.316. The molecule has 0 spiro atoms. The van der Waals surface area contributed by atoms with Crippen LogP contribution in [0.3, 0.4) is 0 Å². The molecule has 4 nitrogen and oxygen atoms in total. The minimum atomic E-state index is -1.91. The Morgan fingerprint density at radius 2 is 1.81 bits per heavy atom.